The van der Waals surface area contributed by atoms with Crippen LogP contribution in [0.2, 0.25) is 0 Å². The number of aromatic nitrogens is 2. The van der Waals surface area contributed by atoms with Gasteiger partial charge in [-0.05, 0) is 57.2 Å². The Labute approximate surface area is 244 Å². The number of benzene rings is 2. The number of hydrogen-bond acceptors (Lipinski definition) is 6. The molecule has 0 aliphatic carbocycles. The molecular formula is C31H38N4O7. The minimum Gasteiger partial charge on any atom is -0.497 e. The van der Waals surface area contributed by atoms with Crippen LogP contribution in [-0.2, 0) is 18.8 Å². The molecule has 1 fully saturated rings. The van der Waals surface area contributed by atoms with E-state index in [1.165, 1.54) is 0 Å². The second-order valence-electron chi connectivity index (χ2n) is 11.1. The lowest BCUT2D eigenvalue weighted by Crippen LogP contribution is -2.51. The summed E-state index contributed by atoms with van der Waals surface area (Å²) in [6, 6.07) is 14.8. The van der Waals surface area contributed by atoms with Crippen molar-refractivity contribution in [2.24, 2.45) is 14.1 Å². The summed E-state index contributed by atoms with van der Waals surface area (Å²) < 4.78 is 19.3. The highest BCUT2D eigenvalue weighted by Crippen LogP contribution is 2.25. The molecule has 0 bridgehead atoms. The molecular weight excluding hydrogens is 540 g/mol. The third-order valence-corrected chi connectivity index (χ3v) is 7.16. The van der Waals surface area contributed by atoms with Gasteiger partial charge in [0, 0.05) is 63.2 Å². The summed E-state index contributed by atoms with van der Waals surface area (Å²) in [5, 5.41) is 10.8. The number of carbonyl (C=O) groups excluding carboxylic acids is 2. The van der Waals surface area contributed by atoms with Gasteiger partial charge in [0.15, 0.2) is 0 Å². The normalized spacial score (nSPS) is 13.5. The molecule has 11 heteroatoms. The van der Waals surface area contributed by atoms with E-state index in [9.17, 15) is 14.4 Å². The van der Waals surface area contributed by atoms with Crippen molar-refractivity contribution >= 4 is 39.8 Å². The van der Waals surface area contributed by atoms with E-state index in [0.29, 0.717) is 31.9 Å². The molecule has 1 N–H and O–H groups in total. The molecule has 0 radical (unpaired) electrons. The molecule has 3 heterocycles. The first kappa shape index (κ1) is 30.3. The van der Waals surface area contributed by atoms with E-state index in [1.54, 1.807) is 41.7 Å². The van der Waals surface area contributed by atoms with Gasteiger partial charge in [-0.1, -0.05) is 0 Å². The van der Waals surface area contributed by atoms with Crippen LogP contribution in [0.15, 0.2) is 48.5 Å². The van der Waals surface area contributed by atoms with Gasteiger partial charge in [0.05, 0.1) is 25.3 Å². The monoisotopic (exact) mass is 578 g/mol. The third-order valence-electron chi connectivity index (χ3n) is 7.16. The number of nitrogens with zero attached hydrogens (tertiary/aromatic N) is 4. The minimum atomic E-state index is -0.923. The average molecular weight is 579 g/mol. The van der Waals surface area contributed by atoms with Gasteiger partial charge < -0.3 is 38.3 Å². The maximum Gasteiger partial charge on any atom is 0.410 e. The first-order valence-electron chi connectivity index (χ1n) is 13.6. The quantitative estimate of drug-likeness (QED) is 0.371. The second-order valence-corrected chi connectivity index (χ2v) is 11.1. The number of carbonyl (C=O) groups is 3. The molecule has 0 unspecified atom stereocenters. The van der Waals surface area contributed by atoms with Crippen molar-refractivity contribution in [1.82, 2.24) is 18.9 Å². The lowest BCUT2D eigenvalue weighted by atomic mass is 10.2. The summed E-state index contributed by atoms with van der Waals surface area (Å²) in [5.41, 5.74) is 2.19. The highest BCUT2D eigenvalue weighted by atomic mass is 16.6. The highest BCUT2D eigenvalue weighted by molar-refractivity contribution is 5.99. The van der Waals surface area contributed by atoms with Gasteiger partial charge >= 0.3 is 12.1 Å². The average Bonchev–Trinajstić information content (AvgIpc) is 3.47. The third kappa shape index (κ3) is 6.45. The number of ether oxygens (including phenoxy) is 3. The molecule has 11 nitrogen and oxygen atoms in total. The van der Waals surface area contributed by atoms with Crippen LogP contribution in [0.4, 0.5) is 4.79 Å². The minimum absolute atomic E-state index is 0.0310. The van der Waals surface area contributed by atoms with E-state index in [2.05, 4.69) is 0 Å². The fourth-order valence-electron chi connectivity index (χ4n) is 4.86. The Hall–Kier alpha value is -4.67. The molecule has 1 aliphatic rings. The Bertz CT molecular complexity index is 1620. The number of carboxylic acids is 1. The zero-order valence-electron chi connectivity index (χ0n) is 25.1. The van der Waals surface area contributed by atoms with Crippen molar-refractivity contribution in [1.29, 1.82) is 0 Å². The van der Waals surface area contributed by atoms with E-state index in [1.807, 2.05) is 74.9 Å². The molecule has 2 aromatic heterocycles. The molecule has 0 atom stereocenters. The Balaban J connectivity index is 0.000000227. The largest absolute Gasteiger partial charge is 0.497 e. The molecule has 4 aromatic rings. The van der Waals surface area contributed by atoms with Crippen LogP contribution in [0.1, 0.15) is 41.7 Å². The summed E-state index contributed by atoms with van der Waals surface area (Å²) in [5.74, 6) is 0.526. The summed E-state index contributed by atoms with van der Waals surface area (Å²) in [6.07, 6.45) is -0.328. The van der Waals surface area contributed by atoms with Gasteiger partial charge in [-0.2, -0.15) is 0 Å². The number of carboxylic acid groups (broad SMARTS) is 1. The number of aryl methyl sites for hydroxylation is 2. The number of methoxy groups -OCH3 is 2. The van der Waals surface area contributed by atoms with E-state index in [-0.39, 0.29) is 17.7 Å². The van der Waals surface area contributed by atoms with Crippen molar-refractivity contribution in [3.05, 3.63) is 59.9 Å². The van der Waals surface area contributed by atoms with Crippen LogP contribution >= 0.6 is 0 Å². The number of fused-ring (bicyclic) bond motifs is 2. The van der Waals surface area contributed by atoms with Crippen LogP contribution in [0.5, 0.6) is 11.5 Å². The van der Waals surface area contributed by atoms with Crippen molar-refractivity contribution in [3.63, 3.8) is 0 Å². The van der Waals surface area contributed by atoms with Crippen molar-refractivity contribution in [3.8, 4) is 11.5 Å². The van der Waals surface area contributed by atoms with Gasteiger partial charge in [-0.15, -0.1) is 0 Å². The summed E-state index contributed by atoms with van der Waals surface area (Å²) >= 11 is 0. The standard InChI is InChI=1S/C20H27N3O4.C11H11NO3/c1-20(2,3)27-19(25)23-10-8-22(9-11-23)18(24)17-12-14-6-7-15(26-5)13-16(14)21(17)4;1-12-9-6-8(15-2)4-3-7(9)5-10(12)11(13)14/h6-7,12-13H,8-11H2,1-5H3;3-6H,1-2H3,(H,13,14). The number of amides is 2. The van der Waals surface area contributed by atoms with E-state index < -0.39 is 11.6 Å². The molecule has 224 valence electrons. The molecule has 1 saturated heterocycles. The number of hydrogen-bond donors (Lipinski definition) is 1. The molecule has 2 amide bonds. The Morgan fingerprint density at radius 2 is 1.17 bits per heavy atom. The zero-order valence-corrected chi connectivity index (χ0v) is 25.1. The molecule has 42 heavy (non-hydrogen) atoms. The van der Waals surface area contributed by atoms with Gasteiger partial charge in [-0.3, -0.25) is 4.79 Å². The van der Waals surface area contributed by atoms with E-state index in [4.69, 9.17) is 19.3 Å². The van der Waals surface area contributed by atoms with Crippen molar-refractivity contribution in [2.75, 3.05) is 40.4 Å². The number of piperazine rings is 1. The maximum atomic E-state index is 13.0. The van der Waals surface area contributed by atoms with Crippen LogP contribution in [-0.4, -0.2) is 88.0 Å². The van der Waals surface area contributed by atoms with Crippen LogP contribution in [0, 0.1) is 0 Å². The Morgan fingerprint density at radius 3 is 1.62 bits per heavy atom. The zero-order chi connectivity index (χ0) is 30.8. The first-order valence-corrected chi connectivity index (χ1v) is 13.6. The van der Waals surface area contributed by atoms with Gasteiger partial charge in [0.2, 0.25) is 0 Å². The smallest absolute Gasteiger partial charge is 0.410 e. The van der Waals surface area contributed by atoms with E-state index in [0.717, 1.165) is 33.3 Å². The lowest BCUT2D eigenvalue weighted by Gasteiger charge is -2.35. The van der Waals surface area contributed by atoms with Crippen LogP contribution < -0.4 is 9.47 Å². The predicted molar refractivity (Wildman–Crippen MR) is 160 cm³/mol. The molecule has 0 spiro atoms. The SMILES string of the molecule is COc1ccc2cc(C(=O)N3CCN(C(=O)OC(C)(C)C)CC3)n(C)c2c1.COc1ccc2cc(C(=O)O)n(C)c2c1. The lowest BCUT2D eigenvalue weighted by molar-refractivity contribution is 0.0139. The topological polar surface area (TPSA) is 115 Å². The predicted octanol–water partition coefficient (Wildman–Crippen LogP) is 4.76. The van der Waals surface area contributed by atoms with E-state index >= 15 is 0 Å². The first-order chi connectivity index (χ1) is 19.8. The van der Waals surface area contributed by atoms with Crippen molar-refractivity contribution in [2.45, 2.75) is 26.4 Å². The number of aromatic carboxylic acids is 1. The molecule has 2 aromatic carbocycles. The van der Waals surface area contributed by atoms with Crippen LogP contribution in [0.3, 0.4) is 0 Å². The second kappa shape index (κ2) is 12.1. The maximum absolute atomic E-state index is 13.0. The van der Waals surface area contributed by atoms with Gasteiger partial charge in [-0.25, -0.2) is 9.59 Å². The Morgan fingerprint density at radius 1 is 0.714 bits per heavy atom. The summed E-state index contributed by atoms with van der Waals surface area (Å²) in [4.78, 5) is 39.5. The molecule has 5 rings (SSSR count). The fourth-order valence-corrected chi connectivity index (χ4v) is 4.86. The van der Waals surface area contributed by atoms with Crippen LogP contribution in [0.25, 0.3) is 21.8 Å². The molecule has 1 aliphatic heterocycles. The number of rotatable bonds is 4. The van der Waals surface area contributed by atoms with Crippen molar-refractivity contribution < 1.29 is 33.7 Å². The summed E-state index contributed by atoms with van der Waals surface area (Å²) in [6.45, 7) is 7.46. The van der Waals surface area contributed by atoms with Gasteiger partial charge in [0.25, 0.3) is 5.91 Å². The highest BCUT2D eigenvalue weighted by Gasteiger charge is 2.29. The Kier molecular flexibility index (Phi) is 8.70. The fraction of sp³-hybridized carbons (Fsp3) is 0.387. The molecule has 0 saturated carbocycles. The van der Waals surface area contributed by atoms with Gasteiger partial charge in [0.1, 0.15) is 28.5 Å². The summed E-state index contributed by atoms with van der Waals surface area (Å²) in [7, 11) is 6.82.